The fourth-order valence-electron chi connectivity index (χ4n) is 3.19. The number of rotatable bonds is 6. The van der Waals surface area contributed by atoms with Crippen molar-refractivity contribution in [1.82, 2.24) is 10.3 Å². The molecule has 1 aromatic heterocycles. The molecule has 0 bridgehead atoms. The van der Waals surface area contributed by atoms with E-state index in [1.165, 1.54) is 23.5 Å². The highest BCUT2D eigenvalue weighted by Gasteiger charge is 2.48. The largest absolute Gasteiger partial charge is 0.344 e. The lowest BCUT2D eigenvalue weighted by Gasteiger charge is -2.13. The Morgan fingerprint density at radius 2 is 1.73 bits per heavy atom. The molecule has 0 aliphatic heterocycles. The standard InChI is InChI=1S/C21H20ClN3O3S2/c1-2-17(26)25-21(11-12-21)20-24-18(13-3-7-15(22)8-4-13)19(29-20)14-5-9-16(10-6-14)30(23,27)28/h3-10H,2,11-12H2,1H3,(H,25,26)(H2,23,27,28). The number of nitrogens with two attached hydrogens (primary N) is 1. The summed E-state index contributed by atoms with van der Waals surface area (Å²) in [7, 11) is -3.77. The molecule has 1 saturated carbocycles. The first-order valence-corrected chi connectivity index (χ1v) is 12.2. The number of carbonyl (C=O) groups excluding carboxylic acids is 1. The molecule has 4 rings (SSSR count). The number of hydrogen-bond donors (Lipinski definition) is 2. The van der Waals surface area contributed by atoms with Crippen molar-refractivity contribution in [2.45, 2.75) is 36.6 Å². The van der Waals surface area contributed by atoms with Crippen LogP contribution in [0.15, 0.2) is 53.4 Å². The molecule has 30 heavy (non-hydrogen) atoms. The van der Waals surface area contributed by atoms with Crippen LogP contribution in [0.2, 0.25) is 5.02 Å². The fraction of sp³-hybridized carbons (Fsp3) is 0.238. The van der Waals surface area contributed by atoms with E-state index in [1.54, 1.807) is 24.3 Å². The van der Waals surface area contributed by atoms with E-state index in [2.05, 4.69) is 5.32 Å². The topological polar surface area (TPSA) is 102 Å². The number of amides is 1. The Labute approximate surface area is 184 Å². The number of halogens is 1. The molecule has 156 valence electrons. The van der Waals surface area contributed by atoms with Crippen molar-refractivity contribution in [3.63, 3.8) is 0 Å². The Balaban J connectivity index is 1.81. The summed E-state index contributed by atoms with van der Waals surface area (Å²) in [6.45, 7) is 1.82. The first kappa shape index (κ1) is 21.0. The zero-order chi connectivity index (χ0) is 21.5. The van der Waals surface area contributed by atoms with Gasteiger partial charge < -0.3 is 5.32 Å². The summed E-state index contributed by atoms with van der Waals surface area (Å²) < 4.78 is 23.2. The van der Waals surface area contributed by atoms with Crippen LogP contribution in [0.4, 0.5) is 0 Å². The van der Waals surface area contributed by atoms with E-state index in [1.807, 2.05) is 19.1 Å². The van der Waals surface area contributed by atoms with E-state index >= 15 is 0 Å². The van der Waals surface area contributed by atoms with Crippen LogP contribution in [0.25, 0.3) is 21.7 Å². The number of nitrogens with one attached hydrogen (secondary N) is 1. The monoisotopic (exact) mass is 461 g/mol. The molecule has 0 unspecified atom stereocenters. The molecule has 6 nitrogen and oxygen atoms in total. The summed E-state index contributed by atoms with van der Waals surface area (Å²) >= 11 is 7.55. The van der Waals surface area contributed by atoms with Gasteiger partial charge in [-0.3, -0.25) is 4.79 Å². The molecule has 1 aliphatic carbocycles. The quantitative estimate of drug-likeness (QED) is 0.571. The lowest BCUT2D eigenvalue weighted by atomic mass is 10.1. The maximum Gasteiger partial charge on any atom is 0.238 e. The third-order valence-corrected chi connectivity index (χ3v) is 7.54. The molecule has 9 heteroatoms. The highest BCUT2D eigenvalue weighted by Crippen LogP contribution is 2.50. The van der Waals surface area contributed by atoms with Gasteiger partial charge in [-0.25, -0.2) is 18.5 Å². The molecule has 3 aromatic rings. The van der Waals surface area contributed by atoms with E-state index in [0.717, 1.165) is 39.5 Å². The van der Waals surface area contributed by atoms with Crippen molar-refractivity contribution >= 4 is 38.9 Å². The van der Waals surface area contributed by atoms with Crippen LogP contribution in [0.5, 0.6) is 0 Å². The minimum absolute atomic E-state index is 0.00482. The van der Waals surface area contributed by atoms with Crippen LogP contribution < -0.4 is 10.5 Å². The summed E-state index contributed by atoms with van der Waals surface area (Å²) in [5, 5.41) is 9.80. The van der Waals surface area contributed by atoms with Crippen molar-refractivity contribution in [3.8, 4) is 21.7 Å². The summed E-state index contributed by atoms with van der Waals surface area (Å²) in [5.41, 5.74) is 2.07. The van der Waals surface area contributed by atoms with Crippen LogP contribution in [-0.4, -0.2) is 19.3 Å². The van der Waals surface area contributed by atoms with Crippen LogP contribution >= 0.6 is 22.9 Å². The Hall–Kier alpha value is -2.26. The number of nitrogens with zero attached hydrogens (tertiary/aromatic N) is 1. The van der Waals surface area contributed by atoms with E-state index < -0.39 is 15.6 Å². The third-order valence-electron chi connectivity index (χ3n) is 5.05. The van der Waals surface area contributed by atoms with E-state index in [9.17, 15) is 13.2 Å². The van der Waals surface area contributed by atoms with Gasteiger partial charge in [-0.1, -0.05) is 42.8 Å². The first-order valence-electron chi connectivity index (χ1n) is 9.43. The predicted octanol–water partition coefficient (Wildman–Crippen LogP) is 4.29. The number of aromatic nitrogens is 1. The van der Waals surface area contributed by atoms with Crippen LogP contribution in [0.1, 0.15) is 31.2 Å². The van der Waals surface area contributed by atoms with Gasteiger partial charge in [0, 0.05) is 17.0 Å². The second kappa shape index (κ2) is 7.77. The molecule has 1 aliphatic rings. The molecule has 1 fully saturated rings. The Morgan fingerprint density at radius 1 is 1.13 bits per heavy atom. The zero-order valence-corrected chi connectivity index (χ0v) is 18.6. The lowest BCUT2D eigenvalue weighted by Crippen LogP contribution is -2.34. The molecular formula is C21H20ClN3O3S2. The van der Waals surface area contributed by atoms with Gasteiger partial charge in [0.05, 0.1) is 21.0 Å². The van der Waals surface area contributed by atoms with E-state index in [4.69, 9.17) is 21.7 Å². The molecule has 0 atom stereocenters. The molecule has 0 spiro atoms. The molecule has 0 radical (unpaired) electrons. The zero-order valence-electron chi connectivity index (χ0n) is 16.2. The molecule has 1 heterocycles. The molecule has 1 amide bonds. The van der Waals surface area contributed by atoms with E-state index in [0.29, 0.717) is 11.4 Å². The number of carbonyl (C=O) groups is 1. The molecule has 2 aromatic carbocycles. The lowest BCUT2D eigenvalue weighted by molar-refractivity contribution is -0.121. The highest BCUT2D eigenvalue weighted by molar-refractivity contribution is 7.89. The maximum absolute atomic E-state index is 12.0. The van der Waals surface area contributed by atoms with Crippen molar-refractivity contribution in [3.05, 3.63) is 58.6 Å². The van der Waals surface area contributed by atoms with Gasteiger partial charge in [0.25, 0.3) is 0 Å². The minimum atomic E-state index is -3.77. The number of primary sulfonamides is 1. The van der Waals surface area contributed by atoms with Gasteiger partial charge in [0.15, 0.2) is 0 Å². The normalized spacial score (nSPS) is 15.0. The number of sulfonamides is 1. The molecule has 3 N–H and O–H groups in total. The van der Waals surface area contributed by atoms with E-state index in [-0.39, 0.29) is 10.8 Å². The van der Waals surface area contributed by atoms with Crippen LogP contribution in [-0.2, 0) is 20.4 Å². The number of hydrogen-bond acceptors (Lipinski definition) is 5. The van der Waals surface area contributed by atoms with Crippen LogP contribution in [0.3, 0.4) is 0 Å². The van der Waals surface area contributed by atoms with Crippen molar-refractivity contribution in [2.24, 2.45) is 5.14 Å². The maximum atomic E-state index is 12.0. The number of benzene rings is 2. The Bertz CT molecular complexity index is 1200. The van der Waals surface area contributed by atoms with Crippen molar-refractivity contribution in [1.29, 1.82) is 0 Å². The highest BCUT2D eigenvalue weighted by atomic mass is 35.5. The van der Waals surface area contributed by atoms with Crippen LogP contribution in [0, 0.1) is 0 Å². The summed E-state index contributed by atoms with van der Waals surface area (Å²) in [4.78, 5) is 17.9. The van der Waals surface area contributed by atoms with Gasteiger partial charge >= 0.3 is 0 Å². The number of thiazole rings is 1. The minimum Gasteiger partial charge on any atom is -0.344 e. The van der Waals surface area contributed by atoms with Gasteiger partial charge in [-0.05, 0) is 42.7 Å². The summed E-state index contributed by atoms with van der Waals surface area (Å²) in [5.74, 6) is -0.00482. The van der Waals surface area contributed by atoms with Gasteiger partial charge in [-0.15, -0.1) is 11.3 Å². The summed E-state index contributed by atoms with van der Waals surface area (Å²) in [6.07, 6.45) is 2.10. The van der Waals surface area contributed by atoms with Crippen molar-refractivity contribution < 1.29 is 13.2 Å². The average molecular weight is 462 g/mol. The predicted molar refractivity (Wildman–Crippen MR) is 119 cm³/mol. The van der Waals surface area contributed by atoms with Crippen molar-refractivity contribution in [2.75, 3.05) is 0 Å². The Kier molecular flexibility index (Phi) is 5.44. The summed E-state index contributed by atoms with van der Waals surface area (Å²) in [6, 6.07) is 13.8. The second-order valence-electron chi connectivity index (χ2n) is 7.26. The van der Waals surface area contributed by atoms with Gasteiger partial charge in [-0.2, -0.15) is 0 Å². The second-order valence-corrected chi connectivity index (χ2v) is 10.3. The fourth-order valence-corrected chi connectivity index (χ4v) is 5.13. The van der Waals surface area contributed by atoms with Gasteiger partial charge in [0.1, 0.15) is 5.01 Å². The molecule has 0 saturated heterocycles. The third kappa shape index (κ3) is 4.13. The Morgan fingerprint density at radius 3 is 2.27 bits per heavy atom. The smallest absolute Gasteiger partial charge is 0.238 e. The first-order chi connectivity index (χ1) is 14.2. The van der Waals surface area contributed by atoms with Gasteiger partial charge in [0.2, 0.25) is 15.9 Å². The molecular weight excluding hydrogens is 442 g/mol. The average Bonchev–Trinajstić information content (AvgIpc) is 3.35. The SMILES string of the molecule is CCC(=O)NC1(c2nc(-c3ccc(Cl)cc3)c(-c3ccc(S(N)(=O)=O)cc3)s2)CC1.